The molecule has 5 nitrogen and oxygen atoms in total. The third kappa shape index (κ3) is 3.95. The lowest BCUT2D eigenvalue weighted by Gasteiger charge is -2.29. The van der Waals surface area contributed by atoms with Gasteiger partial charge in [-0.1, -0.05) is 12.1 Å². The van der Waals surface area contributed by atoms with Crippen molar-refractivity contribution in [3.8, 4) is 0 Å². The van der Waals surface area contributed by atoms with E-state index < -0.39 is 0 Å². The minimum Gasteiger partial charge on any atom is -0.444 e. The second-order valence-corrected chi connectivity index (χ2v) is 6.31. The summed E-state index contributed by atoms with van der Waals surface area (Å²) in [4.78, 5) is 16.2. The first-order valence-electron chi connectivity index (χ1n) is 7.56. The van der Waals surface area contributed by atoms with Crippen molar-refractivity contribution in [2.45, 2.75) is 6.54 Å². The normalized spacial score (nSPS) is 14.8. The number of furan rings is 1. The van der Waals surface area contributed by atoms with Crippen molar-refractivity contribution < 1.29 is 13.9 Å². The minimum atomic E-state index is -0.132. The number of hydrogen-bond donors (Lipinski definition) is 0. The zero-order valence-electron chi connectivity index (χ0n) is 13.0. The van der Waals surface area contributed by atoms with Crippen LogP contribution in [0.1, 0.15) is 16.1 Å². The van der Waals surface area contributed by atoms with E-state index in [1.54, 1.807) is 24.1 Å². The lowest BCUT2D eigenvalue weighted by molar-refractivity contribution is 0.0752. The third-order valence-corrected chi connectivity index (χ3v) is 4.29. The molecule has 0 atom stereocenters. The Morgan fingerprint density at radius 3 is 2.48 bits per heavy atom. The Morgan fingerprint density at radius 1 is 1.17 bits per heavy atom. The van der Waals surface area contributed by atoms with E-state index in [0.29, 0.717) is 17.0 Å². The Labute approximate surface area is 143 Å². The number of hydrogen-bond acceptors (Lipinski definition) is 4. The van der Waals surface area contributed by atoms with Crippen molar-refractivity contribution in [2.24, 2.45) is 0 Å². The molecule has 2 aromatic rings. The van der Waals surface area contributed by atoms with Crippen LogP contribution in [0.25, 0.3) is 0 Å². The van der Waals surface area contributed by atoms with Crippen molar-refractivity contribution >= 4 is 27.5 Å². The molecule has 0 unspecified atom stereocenters. The monoisotopic (exact) mass is 378 g/mol. The molecule has 0 saturated carbocycles. The van der Waals surface area contributed by atoms with E-state index in [-0.39, 0.29) is 5.91 Å². The topological polar surface area (TPSA) is 45.9 Å². The number of morpholine rings is 1. The molecular weight excluding hydrogens is 360 g/mol. The van der Waals surface area contributed by atoms with Crippen molar-refractivity contribution in [3.05, 3.63) is 52.4 Å². The van der Waals surface area contributed by atoms with Crippen LogP contribution in [0.4, 0.5) is 5.69 Å². The molecule has 1 aliphatic heterocycles. The SMILES string of the molecule is CN(Cc1ccc(N2CCOCC2)cc1)C(=O)c1ccc(Br)o1. The number of carbonyl (C=O) groups excluding carboxylic acids is 1. The summed E-state index contributed by atoms with van der Waals surface area (Å²) in [5.41, 5.74) is 2.28. The van der Waals surface area contributed by atoms with Crippen LogP contribution in [0, 0.1) is 0 Å². The van der Waals surface area contributed by atoms with Crippen LogP contribution in [0.2, 0.25) is 0 Å². The highest BCUT2D eigenvalue weighted by atomic mass is 79.9. The van der Waals surface area contributed by atoms with Gasteiger partial charge in [0.1, 0.15) is 0 Å². The summed E-state index contributed by atoms with van der Waals surface area (Å²) in [5, 5.41) is 0. The first-order chi connectivity index (χ1) is 11.1. The summed E-state index contributed by atoms with van der Waals surface area (Å²) in [6.45, 7) is 3.94. The highest BCUT2D eigenvalue weighted by Gasteiger charge is 2.16. The number of nitrogens with zero attached hydrogens (tertiary/aromatic N) is 2. The fourth-order valence-electron chi connectivity index (χ4n) is 2.60. The van der Waals surface area contributed by atoms with Crippen LogP contribution in [0.5, 0.6) is 0 Å². The number of rotatable bonds is 4. The van der Waals surface area contributed by atoms with Crippen LogP contribution in [-0.4, -0.2) is 44.2 Å². The second kappa shape index (κ2) is 7.19. The van der Waals surface area contributed by atoms with E-state index in [4.69, 9.17) is 9.15 Å². The van der Waals surface area contributed by atoms with E-state index in [1.165, 1.54) is 5.69 Å². The molecule has 0 aliphatic carbocycles. The Balaban J connectivity index is 1.62. The zero-order valence-corrected chi connectivity index (χ0v) is 14.6. The lowest BCUT2D eigenvalue weighted by Crippen LogP contribution is -2.36. The van der Waals surface area contributed by atoms with E-state index in [1.807, 2.05) is 0 Å². The van der Waals surface area contributed by atoms with Gasteiger partial charge in [0.25, 0.3) is 5.91 Å². The largest absolute Gasteiger partial charge is 0.444 e. The van der Waals surface area contributed by atoms with Crippen molar-refractivity contribution in [3.63, 3.8) is 0 Å². The number of anilines is 1. The van der Waals surface area contributed by atoms with Gasteiger partial charge in [-0.2, -0.15) is 0 Å². The van der Waals surface area contributed by atoms with E-state index in [9.17, 15) is 4.79 Å². The standard InChI is InChI=1S/C17H19BrN2O3/c1-19(17(21)15-6-7-16(18)23-15)12-13-2-4-14(5-3-13)20-8-10-22-11-9-20/h2-7H,8-12H2,1H3. The lowest BCUT2D eigenvalue weighted by atomic mass is 10.1. The van der Waals surface area contributed by atoms with Crippen LogP contribution in [0.3, 0.4) is 0 Å². The molecule has 0 bridgehead atoms. The molecular formula is C17H19BrN2O3. The minimum absolute atomic E-state index is 0.132. The molecule has 1 aromatic heterocycles. The van der Waals surface area contributed by atoms with Gasteiger partial charge in [0.2, 0.25) is 0 Å². The molecule has 0 radical (unpaired) electrons. The van der Waals surface area contributed by atoms with Gasteiger partial charge in [0.05, 0.1) is 13.2 Å². The van der Waals surface area contributed by atoms with Crippen molar-refractivity contribution in [1.82, 2.24) is 4.90 Å². The zero-order chi connectivity index (χ0) is 16.2. The Hall–Kier alpha value is -1.79. The summed E-state index contributed by atoms with van der Waals surface area (Å²) in [6.07, 6.45) is 0. The number of carbonyl (C=O) groups is 1. The number of ether oxygens (including phenoxy) is 1. The summed E-state index contributed by atoms with van der Waals surface area (Å²) in [6, 6.07) is 11.7. The average Bonchev–Trinajstić information content (AvgIpc) is 3.02. The first kappa shape index (κ1) is 16.1. The second-order valence-electron chi connectivity index (χ2n) is 5.53. The summed E-state index contributed by atoms with van der Waals surface area (Å²) >= 11 is 3.21. The summed E-state index contributed by atoms with van der Waals surface area (Å²) in [7, 11) is 1.77. The number of benzene rings is 1. The van der Waals surface area contributed by atoms with Gasteiger partial charge < -0.3 is 19.0 Å². The molecule has 6 heteroatoms. The van der Waals surface area contributed by atoms with Gasteiger partial charge in [0.15, 0.2) is 10.4 Å². The van der Waals surface area contributed by atoms with Gasteiger partial charge in [-0.25, -0.2) is 0 Å². The molecule has 23 heavy (non-hydrogen) atoms. The molecule has 3 rings (SSSR count). The van der Waals surface area contributed by atoms with Crippen LogP contribution in [0.15, 0.2) is 45.5 Å². The van der Waals surface area contributed by atoms with Crippen molar-refractivity contribution in [2.75, 3.05) is 38.3 Å². The van der Waals surface area contributed by atoms with Crippen LogP contribution in [-0.2, 0) is 11.3 Å². The van der Waals surface area contributed by atoms with Gasteiger partial charge >= 0.3 is 0 Å². The van der Waals surface area contributed by atoms with Gasteiger partial charge in [-0.3, -0.25) is 4.79 Å². The van der Waals surface area contributed by atoms with Gasteiger partial charge in [0, 0.05) is 32.4 Å². The molecule has 1 saturated heterocycles. The first-order valence-corrected chi connectivity index (χ1v) is 8.35. The molecule has 0 spiro atoms. The maximum absolute atomic E-state index is 12.3. The molecule has 0 N–H and O–H groups in total. The van der Waals surface area contributed by atoms with Crippen LogP contribution < -0.4 is 4.90 Å². The van der Waals surface area contributed by atoms with E-state index >= 15 is 0 Å². The number of halogens is 1. The molecule has 1 aliphatic rings. The molecule has 122 valence electrons. The molecule has 2 heterocycles. The van der Waals surface area contributed by atoms with E-state index in [2.05, 4.69) is 45.1 Å². The van der Waals surface area contributed by atoms with E-state index in [0.717, 1.165) is 31.9 Å². The Bertz CT molecular complexity index is 663. The summed E-state index contributed by atoms with van der Waals surface area (Å²) in [5.74, 6) is 0.206. The molecule has 1 amide bonds. The molecule has 1 aromatic carbocycles. The average molecular weight is 379 g/mol. The predicted octanol–water partition coefficient (Wildman–Crippen LogP) is 3.15. The van der Waals surface area contributed by atoms with Gasteiger partial charge in [-0.05, 0) is 45.8 Å². The number of amides is 1. The Morgan fingerprint density at radius 2 is 1.87 bits per heavy atom. The summed E-state index contributed by atoms with van der Waals surface area (Å²) < 4.78 is 11.2. The predicted molar refractivity (Wildman–Crippen MR) is 91.7 cm³/mol. The molecule has 1 fully saturated rings. The maximum atomic E-state index is 12.3. The maximum Gasteiger partial charge on any atom is 0.289 e. The van der Waals surface area contributed by atoms with Crippen molar-refractivity contribution in [1.29, 1.82) is 0 Å². The highest BCUT2D eigenvalue weighted by Crippen LogP contribution is 2.19. The van der Waals surface area contributed by atoms with Crippen LogP contribution >= 0.6 is 15.9 Å². The highest BCUT2D eigenvalue weighted by molar-refractivity contribution is 9.10. The third-order valence-electron chi connectivity index (χ3n) is 3.86. The smallest absolute Gasteiger partial charge is 0.289 e. The fourth-order valence-corrected chi connectivity index (χ4v) is 2.90. The quantitative estimate of drug-likeness (QED) is 0.819. The fraction of sp³-hybridized carbons (Fsp3) is 0.353. The Kier molecular flexibility index (Phi) is 5.03. The van der Waals surface area contributed by atoms with Gasteiger partial charge in [-0.15, -0.1) is 0 Å².